The third-order valence-corrected chi connectivity index (χ3v) is 4.26. The molecule has 1 aliphatic carbocycles. The molecule has 1 heterocycles. The van der Waals surface area contributed by atoms with Crippen molar-refractivity contribution in [3.05, 3.63) is 0 Å². The van der Waals surface area contributed by atoms with Gasteiger partial charge in [0.2, 0.25) is 5.91 Å². The molecule has 0 unspecified atom stereocenters. The summed E-state index contributed by atoms with van der Waals surface area (Å²) in [7, 11) is 0. The van der Waals surface area contributed by atoms with Crippen LogP contribution in [0.1, 0.15) is 44.9 Å². The molecule has 4 N–H and O–H groups in total. The smallest absolute Gasteiger partial charge is 0.224 e. The van der Waals surface area contributed by atoms with Crippen LogP contribution in [-0.4, -0.2) is 35.7 Å². The fraction of sp³-hybridized carbons (Fsp3) is 0.846. The fourth-order valence-electron chi connectivity index (χ4n) is 2.99. The number of nitrogens with one attached hydrogen (secondary N) is 1. The summed E-state index contributed by atoms with van der Waals surface area (Å²) in [6.07, 6.45) is 6.11. The number of amides is 1. The molecular formula is C13H23N3O3. The average molecular weight is 269 g/mol. The Morgan fingerprint density at radius 1 is 1.26 bits per heavy atom. The van der Waals surface area contributed by atoms with Gasteiger partial charge in [0.25, 0.3) is 0 Å². The summed E-state index contributed by atoms with van der Waals surface area (Å²) in [4.78, 5) is 12.3. The van der Waals surface area contributed by atoms with Gasteiger partial charge in [-0.1, -0.05) is 24.4 Å². The predicted molar refractivity (Wildman–Crippen MR) is 70.9 cm³/mol. The van der Waals surface area contributed by atoms with E-state index < -0.39 is 5.54 Å². The summed E-state index contributed by atoms with van der Waals surface area (Å²) < 4.78 is 5.27. The highest BCUT2D eigenvalue weighted by molar-refractivity contribution is 5.94. The van der Waals surface area contributed by atoms with Crippen LogP contribution in [0.2, 0.25) is 0 Å². The average Bonchev–Trinajstić information content (AvgIpc) is 2.48. The largest absolute Gasteiger partial charge is 0.409 e. The third-order valence-electron chi connectivity index (χ3n) is 4.26. The summed E-state index contributed by atoms with van der Waals surface area (Å²) in [5.41, 5.74) is 5.17. The number of amidine groups is 1. The lowest BCUT2D eigenvalue weighted by atomic mass is 9.80. The number of carbonyl (C=O) groups excluding carboxylic acids is 1. The second-order valence-corrected chi connectivity index (χ2v) is 5.50. The molecule has 0 bridgehead atoms. The maximum atomic E-state index is 12.3. The van der Waals surface area contributed by atoms with Crippen LogP contribution in [0.4, 0.5) is 0 Å². The minimum Gasteiger partial charge on any atom is -0.409 e. The Labute approximate surface area is 113 Å². The molecule has 2 fully saturated rings. The maximum absolute atomic E-state index is 12.3. The topological polar surface area (TPSA) is 96.9 Å². The summed E-state index contributed by atoms with van der Waals surface area (Å²) in [6, 6.07) is 0. The molecule has 2 rings (SSSR count). The first-order chi connectivity index (χ1) is 9.18. The van der Waals surface area contributed by atoms with Crippen molar-refractivity contribution in [3.8, 4) is 0 Å². The predicted octanol–water partition coefficient (Wildman–Crippen LogP) is 0.978. The van der Waals surface area contributed by atoms with E-state index in [9.17, 15) is 4.79 Å². The van der Waals surface area contributed by atoms with Gasteiger partial charge in [0.1, 0.15) is 5.54 Å². The Hall–Kier alpha value is -1.30. The fourth-order valence-corrected chi connectivity index (χ4v) is 2.99. The number of nitrogens with two attached hydrogens (primary N) is 1. The van der Waals surface area contributed by atoms with Crippen LogP contribution in [0.3, 0.4) is 0 Å². The van der Waals surface area contributed by atoms with Gasteiger partial charge < -0.3 is 21.0 Å². The van der Waals surface area contributed by atoms with Crippen LogP contribution in [0.5, 0.6) is 0 Å². The first-order valence-corrected chi connectivity index (χ1v) is 7.06. The zero-order valence-corrected chi connectivity index (χ0v) is 11.2. The van der Waals surface area contributed by atoms with Crippen LogP contribution in [0.15, 0.2) is 5.16 Å². The molecular weight excluding hydrogens is 246 g/mol. The van der Waals surface area contributed by atoms with Crippen LogP contribution in [0.25, 0.3) is 0 Å². The molecule has 19 heavy (non-hydrogen) atoms. The van der Waals surface area contributed by atoms with E-state index in [1.165, 1.54) is 0 Å². The van der Waals surface area contributed by atoms with E-state index in [0.717, 1.165) is 44.9 Å². The molecule has 1 saturated heterocycles. The van der Waals surface area contributed by atoms with Gasteiger partial charge in [-0.25, -0.2) is 0 Å². The summed E-state index contributed by atoms with van der Waals surface area (Å²) in [6.45, 7) is 1.27. The van der Waals surface area contributed by atoms with Crippen LogP contribution in [0, 0.1) is 5.92 Å². The van der Waals surface area contributed by atoms with E-state index in [4.69, 9.17) is 15.7 Å². The lowest BCUT2D eigenvalue weighted by Crippen LogP contribution is -2.59. The van der Waals surface area contributed by atoms with Gasteiger partial charge in [0, 0.05) is 19.1 Å². The van der Waals surface area contributed by atoms with Gasteiger partial charge >= 0.3 is 0 Å². The lowest BCUT2D eigenvalue weighted by Gasteiger charge is -2.38. The summed E-state index contributed by atoms with van der Waals surface area (Å²) in [5, 5.41) is 15.1. The number of hydrogen-bond donors (Lipinski definition) is 3. The van der Waals surface area contributed by atoms with E-state index in [1.54, 1.807) is 0 Å². The summed E-state index contributed by atoms with van der Waals surface area (Å²) >= 11 is 0. The zero-order chi connectivity index (χ0) is 13.7. The molecule has 1 amide bonds. The van der Waals surface area contributed by atoms with Crippen LogP contribution >= 0.6 is 0 Å². The van der Waals surface area contributed by atoms with Gasteiger partial charge in [-0.2, -0.15) is 0 Å². The number of nitrogens with zero attached hydrogens (tertiary/aromatic N) is 1. The van der Waals surface area contributed by atoms with Gasteiger partial charge in [-0.3, -0.25) is 4.79 Å². The first-order valence-electron chi connectivity index (χ1n) is 7.06. The van der Waals surface area contributed by atoms with Crippen LogP contribution in [-0.2, 0) is 9.53 Å². The molecule has 0 aromatic heterocycles. The van der Waals surface area contributed by atoms with Crippen molar-refractivity contribution in [1.82, 2.24) is 5.32 Å². The number of oxime groups is 1. The van der Waals surface area contributed by atoms with Crippen molar-refractivity contribution in [2.75, 3.05) is 13.2 Å². The summed E-state index contributed by atoms with van der Waals surface area (Å²) in [5.74, 6) is 0.128. The molecule has 0 spiro atoms. The van der Waals surface area contributed by atoms with Crippen molar-refractivity contribution < 1.29 is 14.7 Å². The highest BCUT2D eigenvalue weighted by Crippen LogP contribution is 2.29. The molecule has 2 aliphatic rings. The van der Waals surface area contributed by atoms with Crippen LogP contribution < -0.4 is 11.1 Å². The second kappa shape index (κ2) is 6.23. The Balaban J connectivity index is 2.05. The Kier molecular flexibility index (Phi) is 4.63. The van der Waals surface area contributed by atoms with Gasteiger partial charge in [0.15, 0.2) is 5.84 Å². The number of rotatable bonds is 3. The van der Waals surface area contributed by atoms with Gasteiger partial charge in [-0.05, 0) is 25.7 Å². The van der Waals surface area contributed by atoms with E-state index in [1.807, 2.05) is 0 Å². The molecule has 1 saturated carbocycles. The standard InChI is InChI=1S/C13H23N3O3/c14-12(16-18)13(6-2-1-3-7-13)15-11(17)10-4-8-19-9-5-10/h10,18H,1-9H2,(H2,14,16)(H,15,17). The molecule has 0 radical (unpaired) electrons. The van der Waals surface area contributed by atoms with Crippen molar-refractivity contribution in [3.63, 3.8) is 0 Å². The van der Waals surface area contributed by atoms with Crippen molar-refractivity contribution in [1.29, 1.82) is 0 Å². The molecule has 6 nitrogen and oxygen atoms in total. The molecule has 108 valence electrons. The van der Waals surface area contributed by atoms with Gasteiger partial charge in [-0.15, -0.1) is 0 Å². The SMILES string of the molecule is NC(=NO)C1(NC(=O)C2CCOCC2)CCCCC1. The second-order valence-electron chi connectivity index (χ2n) is 5.50. The highest BCUT2D eigenvalue weighted by Gasteiger charge is 2.39. The van der Waals surface area contributed by atoms with E-state index in [2.05, 4.69) is 10.5 Å². The molecule has 6 heteroatoms. The molecule has 0 atom stereocenters. The number of carbonyl (C=O) groups is 1. The molecule has 0 aromatic rings. The van der Waals surface area contributed by atoms with E-state index >= 15 is 0 Å². The zero-order valence-electron chi connectivity index (χ0n) is 11.2. The Morgan fingerprint density at radius 3 is 2.47 bits per heavy atom. The monoisotopic (exact) mass is 269 g/mol. The third kappa shape index (κ3) is 3.18. The Morgan fingerprint density at radius 2 is 1.89 bits per heavy atom. The lowest BCUT2D eigenvalue weighted by molar-refractivity contribution is -0.129. The quantitative estimate of drug-likeness (QED) is 0.308. The van der Waals surface area contributed by atoms with E-state index in [0.29, 0.717) is 13.2 Å². The number of hydrogen-bond acceptors (Lipinski definition) is 4. The van der Waals surface area contributed by atoms with Gasteiger partial charge in [0.05, 0.1) is 0 Å². The minimum absolute atomic E-state index is 0.0109. The van der Waals surface area contributed by atoms with Crippen molar-refractivity contribution in [2.24, 2.45) is 16.8 Å². The molecule has 0 aromatic carbocycles. The molecule has 1 aliphatic heterocycles. The highest BCUT2D eigenvalue weighted by atomic mass is 16.5. The van der Waals surface area contributed by atoms with Crippen molar-refractivity contribution >= 4 is 11.7 Å². The minimum atomic E-state index is -0.650. The van der Waals surface area contributed by atoms with Crippen molar-refractivity contribution in [2.45, 2.75) is 50.5 Å². The normalized spacial score (nSPS) is 24.9. The Bertz CT molecular complexity index is 345. The number of ether oxygens (including phenoxy) is 1. The first kappa shape index (κ1) is 14.1. The maximum Gasteiger partial charge on any atom is 0.224 e. The van der Waals surface area contributed by atoms with E-state index in [-0.39, 0.29) is 17.7 Å².